The Balaban J connectivity index is 0. The normalized spacial score (nSPS) is 9.56. The van der Waals surface area contributed by atoms with Crippen molar-refractivity contribution in [2.24, 2.45) is 5.29 Å². The molecule has 9 heteroatoms. The van der Waals surface area contributed by atoms with Gasteiger partial charge in [-0.05, 0) is 4.58 Å². The second-order valence-electron chi connectivity index (χ2n) is 0.762. The molecule has 48 valence electrons. The van der Waals surface area contributed by atoms with Crippen LogP contribution in [0.5, 0.6) is 0 Å². The van der Waals surface area contributed by atoms with E-state index in [1.54, 1.807) is 0 Å². The predicted octanol–water partition coefficient (Wildman–Crippen LogP) is -4.18. The first-order valence-electron chi connectivity index (χ1n) is 1.27. The van der Waals surface area contributed by atoms with Crippen molar-refractivity contribution in [3.05, 3.63) is 4.91 Å². The van der Waals surface area contributed by atoms with E-state index in [2.05, 4.69) is 0 Å². The summed E-state index contributed by atoms with van der Waals surface area (Å²) in [6.45, 7) is 0. The molecule has 0 saturated heterocycles. The molecule has 0 rings (SSSR count). The van der Waals surface area contributed by atoms with Gasteiger partial charge in [0.15, 0.2) is 0 Å². The first kappa shape index (κ1) is 12.0. The van der Waals surface area contributed by atoms with Gasteiger partial charge in [0.1, 0.15) is 0 Å². The molecule has 0 atom stereocenters. The van der Waals surface area contributed by atoms with Gasteiger partial charge in [-0.2, -0.15) is 0 Å². The molecule has 0 saturated carbocycles. The minimum absolute atomic E-state index is 0. The summed E-state index contributed by atoms with van der Waals surface area (Å²) >= 11 is 0. The Labute approximate surface area is 72.7 Å². The van der Waals surface area contributed by atoms with E-state index >= 15 is 0 Å². The molecule has 0 aromatic rings. The molecule has 9 heavy (non-hydrogen) atoms. The van der Waals surface area contributed by atoms with Crippen LogP contribution in [0.1, 0.15) is 0 Å². The molecule has 0 aromatic heterocycles. The van der Waals surface area contributed by atoms with Gasteiger partial charge in [-0.15, -0.1) is 4.91 Å². The van der Waals surface area contributed by atoms with Gasteiger partial charge in [-0.1, -0.05) is 0 Å². The average molecular weight is 164 g/mol. The van der Waals surface area contributed by atoms with Crippen molar-refractivity contribution in [1.82, 2.24) is 4.58 Å². The van der Waals surface area contributed by atoms with Crippen molar-refractivity contribution in [1.29, 1.82) is 0 Å². The second kappa shape index (κ2) is 4.14. The van der Waals surface area contributed by atoms with Crippen LogP contribution in [0.4, 0.5) is 0 Å². The summed E-state index contributed by atoms with van der Waals surface area (Å²) in [7, 11) is -5.09. The van der Waals surface area contributed by atoms with Crippen molar-refractivity contribution in [3.63, 3.8) is 0 Å². The summed E-state index contributed by atoms with van der Waals surface area (Å²) < 4.78 is 27.0. The first-order valence-corrected chi connectivity index (χ1v) is 2.63. The summed E-state index contributed by atoms with van der Waals surface area (Å²) in [5.74, 6) is 0. The zero-order chi connectivity index (χ0) is 6.78. The van der Waals surface area contributed by atoms with Crippen LogP contribution in [0.15, 0.2) is 5.29 Å². The Kier molecular flexibility index (Phi) is 5.52. The van der Waals surface area contributed by atoms with Gasteiger partial charge in [0.2, 0.25) is 10.3 Å². The molecule has 0 fully saturated rings. The summed E-state index contributed by atoms with van der Waals surface area (Å²) in [6.07, 6.45) is 0. The van der Waals surface area contributed by atoms with E-state index in [4.69, 9.17) is 10.1 Å². The Hall–Kier alpha value is 0.270. The number of nitrogens with zero attached hydrogens (tertiary/aromatic N) is 2. The molecule has 0 aliphatic rings. The average Bonchev–Trinajstić information content (AvgIpc) is 1.62. The fraction of sp³-hybridized carbons (Fsp3) is 0. The number of hydrogen-bond donors (Lipinski definition) is 1. The molecule has 0 bridgehead atoms. The van der Waals surface area contributed by atoms with Crippen LogP contribution in [0.3, 0.4) is 0 Å². The van der Waals surface area contributed by atoms with Gasteiger partial charge >= 0.3 is 29.6 Å². The van der Waals surface area contributed by atoms with Crippen molar-refractivity contribution in [2.75, 3.05) is 0 Å². The van der Waals surface area contributed by atoms with Gasteiger partial charge in [0, 0.05) is 0 Å². The Morgan fingerprint density at radius 1 is 1.56 bits per heavy atom. The van der Waals surface area contributed by atoms with Crippen LogP contribution >= 0.6 is 0 Å². The van der Waals surface area contributed by atoms with Gasteiger partial charge in [0.25, 0.3) is 0 Å². The molecule has 1 N–H and O–H groups in total. The summed E-state index contributed by atoms with van der Waals surface area (Å²) in [5.41, 5.74) is 0. The molecule has 0 aromatic carbocycles. The standard InChI is InChI=1S/H2N2O5S.Na/c3-1-2(4)8(5,6)7;/h4H,(H,5,6,7);/q;+1/p-1. The zero-order valence-electron chi connectivity index (χ0n) is 4.38. The van der Waals surface area contributed by atoms with Crippen LogP contribution < -0.4 is 29.6 Å². The van der Waals surface area contributed by atoms with E-state index < -0.39 is 14.9 Å². The van der Waals surface area contributed by atoms with Crippen molar-refractivity contribution >= 4 is 10.3 Å². The summed E-state index contributed by atoms with van der Waals surface area (Å²) in [4.78, 5) is 9.00. The van der Waals surface area contributed by atoms with E-state index in [0.29, 0.717) is 0 Å². The fourth-order valence-corrected chi connectivity index (χ4v) is 0.122. The van der Waals surface area contributed by atoms with Gasteiger partial charge < -0.3 is 4.55 Å². The maximum absolute atomic E-state index is 9.39. The molecule has 0 aliphatic carbocycles. The monoisotopic (exact) mass is 164 g/mol. The number of rotatable bonds is 2. The maximum atomic E-state index is 9.39. The maximum Gasteiger partial charge on any atom is 1.00 e. The summed E-state index contributed by atoms with van der Waals surface area (Å²) in [5, 5.41) is 9.05. The van der Waals surface area contributed by atoms with Crippen LogP contribution in [0, 0.1) is 4.91 Å². The summed E-state index contributed by atoms with van der Waals surface area (Å²) in [6, 6.07) is 0. The second-order valence-corrected chi connectivity index (χ2v) is 1.94. The molecular formula is HN2NaO5S. The zero-order valence-corrected chi connectivity index (χ0v) is 7.20. The van der Waals surface area contributed by atoms with E-state index in [0.717, 1.165) is 0 Å². The molecule has 0 heterocycles. The minimum atomic E-state index is -5.09. The van der Waals surface area contributed by atoms with E-state index in [1.807, 2.05) is 0 Å². The first-order chi connectivity index (χ1) is 3.48. The molecule has 0 unspecified atom stereocenters. The van der Waals surface area contributed by atoms with Crippen LogP contribution in [0.25, 0.3) is 0 Å². The van der Waals surface area contributed by atoms with Crippen LogP contribution in [0.2, 0.25) is 0 Å². The van der Waals surface area contributed by atoms with Gasteiger partial charge in [0.05, 0.1) is 5.29 Å². The third kappa shape index (κ3) is 4.75. The van der Waals surface area contributed by atoms with Gasteiger partial charge in [-0.3, -0.25) is 5.21 Å². The number of hydrogen-bond acceptors (Lipinski definition) is 6. The SMILES string of the molecule is O=NN(O)S(=O)(=O)[O-].[Na+]. The molecular weight excluding hydrogens is 163 g/mol. The van der Waals surface area contributed by atoms with E-state index in [-0.39, 0.29) is 29.6 Å². The molecule has 0 amide bonds. The Morgan fingerprint density at radius 2 is 1.89 bits per heavy atom. The van der Waals surface area contributed by atoms with Crippen molar-refractivity contribution in [2.45, 2.75) is 0 Å². The quantitative estimate of drug-likeness (QED) is 0.192. The van der Waals surface area contributed by atoms with E-state index in [1.165, 1.54) is 5.29 Å². The largest absolute Gasteiger partial charge is 1.00 e. The third-order valence-corrected chi connectivity index (χ3v) is 0.737. The van der Waals surface area contributed by atoms with Gasteiger partial charge in [-0.25, -0.2) is 8.42 Å². The Bertz CT molecular complexity index is 171. The molecule has 0 aliphatic heterocycles. The smallest absolute Gasteiger partial charge is 0.728 e. The van der Waals surface area contributed by atoms with Crippen molar-refractivity contribution < 1.29 is 47.7 Å². The third-order valence-electron chi connectivity index (χ3n) is 0.270. The van der Waals surface area contributed by atoms with Crippen LogP contribution in [-0.4, -0.2) is 22.8 Å². The number of nitroso groups, excluding NO2 is 1. The van der Waals surface area contributed by atoms with Crippen molar-refractivity contribution in [3.8, 4) is 0 Å². The predicted molar refractivity (Wildman–Crippen MR) is 19.1 cm³/mol. The molecule has 7 nitrogen and oxygen atoms in total. The minimum Gasteiger partial charge on any atom is -0.728 e. The van der Waals surface area contributed by atoms with Crippen LogP contribution in [-0.2, 0) is 10.3 Å². The molecule has 0 radical (unpaired) electrons. The topological polar surface area (TPSA) is 110 Å². The Morgan fingerprint density at radius 3 is 1.89 bits per heavy atom. The molecule has 0 spiro atoms. The fourth-order valence-electron chi connectivity index (χ4n) is 0.0408. The van der Waals surface area contributed by atoms with E-state index in [9.17, 15) is 13.0 Å².